The maximum atomic E-state index is 12.3. The molecule has 5 heteroatoms. The van der Waals surface area contributed by atoms with Crippen molar-refractivity contribution in [2.75, 3.05) is 0 Å². The SMILES string of the molecule is C/C(=N/NC(=O)c1csc2ccccc12)c1ccc(O)cc1. The Morgan fingerprint density at radius 3 is 2.64 bits per heavy atom. The molecule has 1 heterocycles. The van der Waals surface area contributed by atoms with E-state index in [2.05, 4.69) is 10.5 Å². The average Bonchev–Trinajstić information content (AvgIpc) is 2.97. The van der Waals surface area contributed by atoms with Crippen LogP contribution in [-0.2, 0) is 0 Å². The summed E-state index contributed by atoms with van der Waals surface area (Å²) in [5.41, 5.74) is 4.73. The molecule has 0 saturated carbocycles. The van der Waals surface area contributed by atoms with Gasteiger partial charge in [0.15, 0.2) is 0 Å². The molecule has 0 unspecified atom stereocenters. The summed E-state index contributed by atoms with van der Waals surface area (Å²) in [6.07, 6.45) is 0. The van der Waals surface area contributed by atoms with Crippen molar-refractivity contribution >= 4 is 33.0 Å². The Kier molecular flexibility index (Phi) is 3.89. The topological polar surface area (TPSA) is 61.7 Å². The van der Waals surface area contributed by atoms with Gasteiger partial charge in [0.25, 0.3) is 5.91 Å². The van der Waals surface area contributed by atoms with Gasteiger partial charge in [0.05, 0.1) is 11.3 Å². The molecule has 0 spiro atoms. The number of rotatable bonds is 3. The molecule has 0 aliphatic heterocycles. The molecular weight excluding hydrogens is 296 g/mol. The van der Waals surface area contributed by atoms with Crippen molar-refractivity contribution in [3.8, 4) is 5.75 Å². The second-order valence-electron chi connectivity index (χ2n) is 4.83. The lowest BCUT2D eigenvalue weighted by Crippen LogP contribution is -2.18. The Morgan fingerprint density at radius 2 is 1.86 bits per heavy atom. The van der Waals surface area contributed by atoms with Crippen LogP contribution in [0.4, 0.5) is 0 Å². The number of benzene rings is 2. The normalized spacial score (nSPS) is 11.6. The van der Waals surface area contributed by atoms with E-state index in [1.54, 1.807) is 31.2 Å². The first-order chi connectivity index (χ1) is 10.6. The molecule has 0 aliphatic rings. The molecule has 3 aromatic rings. The molecule has 0 aliphatic carbocycles. The summed E-state index contributed by atoms with van der Waals surface area (Å²) in [6.45, 7) is 1.80. The number of hydrogen-bond donors (Lipinski definition) is 2. The van der Waals surface area contributed by atoms with Gasteiger partial charge < -0.3 is 5.11 Å². The van der Waals surface area contributed by atoms with Gasteiger partial charge in [0.1, 0.15) is 5.75 Å². The maximum Gasteiger partial charge on any atom is 0.272 e. The van der Waals surface area contributed by atoms with Crippen LogP contribution in [0.15, 0.2) is 59.0 Å². The fourth-order valence-corrected chi connectivity index (χ4v) is 3.06. The van der Waals surface area contributed by atoms with Crippen LogP contribution in [0.3, 0.4) is 0 Å². The first-order valence-corrected chi connectivity index (χ1v) is 7.63. The number of hydrogen-bond acceptors (Lipinski definition) is 4. The summed E-state index contributed by atoms with van der Waals surface area (Å²) < 4.78 is 1.08. The molecule has 0 bridgehead atoms. The van der Waals surface area contributed by atoms with Gasteiger partial charge in [-0.1, -0.05) is 18.2 Å². The molecule has 2 aromatic carbocycles. The molecule has 1 aromatic heterocycles. The van der Waals surface area contributed by atoms with E-state index in [4.69, 9.17) is 0 Å². The first-order valence-electron chi connectivity index (χ1n) is 6.75. The van der Waals surface area contributed by atoms with Crippen molar-refractivity contribution in [2.45, 2.75) is 6.92 Å². The summed E-state index contributed by atoms with van der Waals surface area (Å²) in [7, 11) is 0. The van der Waals surface area contributed by atoms with Gasteiger partial charge in [-0.15, -0.1) is 11.3 Å². The van der Waals surface area contributed by atoms with Gasteiger partial charge >= 0.3 is 0 Å². The molecule has 3 rings (SSSR count). The number of fused-ring (bicyclic) bond motifs is 1. The molecule has 0 radical (unpaired) electrons. The zero-order valence-corrected chi connectivity index (χ0v) is 12.7. The van der Waals surface area contributed by atoms with Crippen molar-refractivity contribution < 1.29 is 9.90 Å². The highest BCUT2D eigenvalue weighted by Crippen LogP contribution is 2.25. The zero-order valence-electron chi connectivity index (χ0n) is 11.9. The van der Waals surface area contributed by atoms with Crippen LogP contribution in [-0.4, -0.2) is 16.7 Å². The summed E-state index contributed by atoms with van der Waals surface area (Å²) >= 11 is 1.54. The number of phenolic OH excluding ortho intramolecular Hbond substituents is 1. The third kappa shape index (κ3) is 2.84. The van der Waals surface area contributed by atoms with Gasteiger partial charge in [0, 0.05) is 15.5 Å². The molecule has 4 nitrogen and oxygen atoms in total. The molecule has 110 valence electrons. The molecule has 22 heavy (non-hydrogen) atoms. The van der Waals surface area contributed by atoms with Crippen LogP contribution in [0.5, 0.6) is 5.75 Å². The van der Waals surface area contributed by atoms with Gasteiger partial charge in [-0.05, 0) is 42.8 Å². The highest BCUT2D eigenvalue weighted by atomic mass is 32.1. The molecule has 1 amide bonds. The van der Waals surface area contributed by atoms with Gasteiger partial charge in [-0.3, -0.25) is 4.79 Å². The number of amides is 1. The highest BCUT2D eigenvalue weighted by Gasteiger charge is 2.11. The fraction of sp³-hybridized carbons (Fsp3) is 0.0588. The highest BCUT2D eigenvalue weighted by molar-refractivity contribution is 7.17. The lowest BCUT2D eigenvalue weighted by molar-refractivity contribution is 0.0957. The summed E-state index contributed by atoms with van der Waals surface area (Å²) in [6, 6.07) is 14.5. The lowest BCUT2D eigenvalue weighted by atomic mass is 10.1. The van der Waals surface area contributed by atoms with Crippen LogP contribution in [0.25, 0.3) is 10.1 Å². The third-order valence-corrected chi connectivity index (χ3v) is 4.30. The van der Waals surface area contributed by atoms with Crippen molar-refractivity contribution in [3.63, 3.8) is 0 Å². The van der Waals surface area contributed by atoms with E-state index < -0.39 is 0 Å². The predicted molar refractivity (Wildman–Crippen MR) is 89.6 cm³/mol. The molecule has 0 fully saturated rings. The van der Waals surface area contributed by atoms with Gasteiger partial charge in [-0.2, -0.15) is 5.10 Å². The van der Waals surface area contributed by atoms with E-state index in [1.165, 1.54) is 11.3 Å². The number of hydrazone groups is 1. The van der Waals surface area contributed by atoms with Gasteiger partial charge in [0.2, 0.25) is 0 Å². The Morgan fingerprint density at radius 1 is 1.14 bits per heavy atom. The summed E-state index contributed by atoms with van der Waals surface area (Å²) in [4.78, 5) is 12.3. The number of phenols is 1. The van der Waals surface area contributed by atoms with E-state index in [9.17, 15) is 9.90 Å². The smallest absolute Gasteiger partial charge is 0.272 e. The van der Waals surface area contributed by atoms with E-state index in [0.717, 1.165) is 15.6 Å². The van der Waals surface area contributed by atoms with Crippen molar-refractivity contribution in [2.24, 2.45) is 5.10 Å². The summed E-state index contributed by atoms with van der Waals surface area (Å²) in [5.74, 6) is -0.0269. The lowest BCUT2D eigenvalue weighted by Gasteiger charge is -2.03. The Balaban J connectivity index is 1.79. The number of aromatic hydroxyl groups is 1. The van der Waals surface area contributed by atoms with Crippen LogP contribution >= 0.6 is 11.3 Å². The van der Waals surface area contributed by atoms with E-state index in [0.29, 0.717) is 11.3 Å². The van der Waals surface area contributed by atoms with Crippen LogP contribution in [0, 0.1) is 0 Å². The predicted octanol–water partition coefficient (Wildman–Crippen LogP) is 3.76. The van der Waals surface area contributed by atoms with Crippen molar-refractivity contribution in [3.05, 3.63) is 65.0 Å². The summed E-state index contributed by atoms with van der Waals surface area (Å²) in [5, 5.41) is 16.2. The fourth-order valence-electron chi connectivity index (χ4n) is 2.12. The number of carbonyl (C=O) groups excluding carboxylic acids is 1. The largest absolute Gasteiger partial charge is 0.508 e. The van der Waals surface area contributed by atoms with E-state index >= 15 is 0 Å². The number of carbonyl (C=O) groups is 1. The average molecular weight is 310 g/mol. The van der Waals surface area contributed by atoms with E-state index in [-0.39, 0.29) is 11.7 Å². The molecule has 2 N–H and O–H groups in total. The van der Waals surface area contributed by atoms with Crippen molar-refractivity contribution in [1.29, 1.82) is 0 Å². The Hall–Kier alpha value is -2.66. The molecular formula is C17H14N2O2S. The van der Waals surface area contributed by atoms with Crippen LogP contribution < -0.4 is 5.43 Å². The monoisotopic (exact) mass is 310 g/mol. The Bertz CT molecular complexity index is 850. The quantitative estimate of drug-likeness (QED) is 0.571. The minimum absolute atomic E-state index is 0.199. The number of nitrogens with one attached hydrogen (secondary N) is 1. The Labute approximate surface area is 131 Å². The minimum Gasteiger partial charge on any atom is -0.508 e. The second kappa shape index (κ2) is 5.99. The van der Waals surface area contributed by atoms with Crippen LogP contribution in [0.2, 0.25) is 0 Å². The standard InChI is InChI=1S/C17H14N2O2S/c1-11(12-6-8-13(20)9-7-12)18-19-17(21)15-10-22-16-5-3-2-4-14(15)16/h2-10,20H,1H3,(H,19,21)/b18-11-. The van der Waals surface area contributed by atoms with Crippen LogP contribution in [0.1, 0.15) is 22.8 Å². The second-order valence-corrected chi connectivity index (χ2v) is 5.74. The van der Waals surface area contributed by atoms with Crippen molar-refractivity contribution in [1.82, 2.24) is 5.43 Å². The minimum atomic E-state index is -0.226. The zero-order chi connectivity index (χ0) is 15.5. The third-order valence-electron chi connectivity index (χ3n) is 3.34. The molecule has 0 saturated heterocycles. The first kappa shape index (κ1) is 14.3. The number of nitrogens with zero attached hydrogens (tertiary/aromatic N) is 1. The maximum absolute atomic E-state index is 12.3. The number of thiophene rings is 1. The molecule has 0 atom stereocenters. The van der Waals surface area contributed by atoms with E-state index in [1.807, 2.05) is 29.6 Å². The van der Waals surface area contributed by atoms with Gasteiger partial charge in [-0.25, -0.2) is 5.43 Å².